The number of ether oxygens (including phenoxy) is 3. The number of methoxy groups -OCH3 is 1. The molecule has 1 aromatic rings. The van der Waals surface area contributed by atoms with Crippen LogP contribution in [0.25, 0.3) is 0 Å². The lowest BCUT2D eigenvalue weighted by atomic mass is 10.2. The molecule has 0 unspecified atom stereocenters. The van der Waals surface area contributed by atoms with E-state index in [4.69, 9.17) is 19.3 Å². The summed E-state index contributed by atoms with van der Waals surface area (Å²) in [5.41, 5.74) is 0.0285. The third-order valence-corrected chi connectivity index (χ3v) is 3.44. The SMILES string of the molecule is CCOc1ccc(S(N)(=O)=O)cc1C(=O)OCCCOC. The average Bonchev–Trinajstić information content (AvgIpc) is 2.43. The Labute approximate surface area is 124 Å². The number of nitrogens with two attached hydrogens (primary N) is 1. The Kier molecular flexibility index (Phi) is 6.60. The summed E-state index contributed by atoms with van der Waals surface area (Å²) in [6.45, 7) is 2.71. The van der Waals surface area contributed by atoms with E-state index in [1.165, 1.54) is 12.1 Å². The van der Waals surface area contributed by atoms with Crippen LogP contribution in [-0.2, 0) is 19.5 Å². The molecule has 0 amide bonds. The van der Waals surface area contributed by atoms with Crippen molar-refractivity contribution in [1.29, 1.82) is 0 Å². The quantitative estimate of drug-likeness (QED) is 0.565. The fraction of sp³-hybridized carbons (Fsp3) is 0.462. The van der Waals surface area contributed by atoms with E-state index in [2.05, 4.69) is 0 Å². The van der Waals surface area contributed by atoms with E-state index >= 15 is 0 Å². The van der Waals surface area contributed by atoms with Crippen LogP contribution in [0.5, 0.6) is 5.75 Å². The van der Waals surface area contributed by atoms with Crippen molar-refractivity contribution in [2.75, 3.05) is 26.9 Å². The molecule has 0 saturated heterocycles. The van der Waals surface area contributed by atoms with Crippen LogP contribution in [0, 0.1) is 0 Å². The molecule has 0 heterocycles. The van der Waals surface area contributed by atoms with Gasteiger partial charge in [-0.25, -0.2) is 18.4 Å². The van der Waals surface area contributed by atoms with Crippen LogP contribution < -0.4 is 9.88 Å². The van der Waals surface area contributed by atoms with Crippen molar-refractivity contribution in [2.45, 2.75) is 18.2 Å². The number of carbonyl (C=O) groups is 1. The fourth-order valence-corrected chi connectivity index (χ4v) is 2.11. The molecule has 0 bridgehead atoms. The number of primary sulfonamides is 1. The highest BCUT2D eigenvalue weighted by Crippen LogP contribution is 2.23. The molecule has 2 N–H and O–H groups in total. The monoisotopic (exact) mass is 317 g/mol. The van der Waals surface area contributed by atoms with Gasteiger partial charge in [-0.05, 0) is 25.1 Å². The van der Waals surface area contributed by atoms with Crippen LogP contribution in [0.15, 0.2) is 23.1 Å². The Bertz CT molecular complexity index is 584. The molecule has 0 aromatic heterocycles. The van der Waals surface area contributed by atoms with Crippen LogP contribution >= 0.6 is 0 Å². The first-order valence-corrected chi connectivity index (χ1v) is 7.90. The lowest BCUT2D eigenvalue weighted by molar-refractivity contribution is 0.0464. The molecule has 7 nitrogen and oxygen atoms in total. The maximum Gasteiger partial charge on any atom is 0.341 e. The highest BCUT2D eigenvalue weighted by atomic mass is 32.2. The highest BCUT2D eigenvalue weighted by molar-refractivity contribution is 7.89. The minimum Gasteiger partial charge on any atom is -0.493 e. The zero-order chi connectivity index (χ0) is 15.9. The molecular formula is C13H19NO6S. The van der Waals surface area contributed by atoms with E-state index in [1.807, 2.05) is 0 Å². The third-order valence-electron chi connectivity index (χ3n) is 2.53. The molecule has 0 saturated carbocycles. The number of carbonyl (C=O) groups excluding carboxylic acids is 1. The summed E-state index contributed by atoms with van der Waals surface area (Å²) in [6, 6.07) is 3.82. The lowest BCUT2D eigenvalue weighted by Crippen LogP contribution is -2.15. The molecule has 0 aliphatic carbocycles. The zero-order valence-corrected chi connectivity index (χ0v) is 12.8. The van der Waals surface area contributed by atoms with Gasteiger partial charge in [-0.3, -0.25) is 0 Å². The molecular weight excluding hydrogens is 298 g/mol. The van der Waals surface area contributed by atoms with Crippen molar-refractivity contribution in [3.05, 3.63) is 23.8 Å². The average molecular weight is 317 g/mol. The number of esters is 1. The number of rotatable bonds is 8. The van der Waals surface area contributed by atoms with Gasteiger partial charge in [-0.1, -0.05) is 0 Å². The first-order chi connectivity index (χ1) is 9.90. The highest BCUT2D eigenvalue weighted by Gasteiger charge is 2.18. The Balaban J connectivity index is 2.97. The first-order valence-electron chi connectivity index (χ1n) is 6.35. The minimum absolute atomic E-state index is 0.0285. The Hall–Kier alpha value is -1.64. The summed E-state index contributed by atoms with van der Waals surface area (Å²) in [5, 5.41) is 5.05. The van der Waals surface area contributed by atoms with Crippen molar-refractivity contribution < 1.29 is 27.4 Å². The van der Waals surface area contributed by atoms with E-state index in [-0.39, 0.29) is 22.8 Å². The van der Waals surface area contributed by atoms with Crippen molar-refractivity contribution >= 4 is 16.0 Å². The predicted octanol–water partition coefficient (Wildman–Crippen LogP) is 0.926. The normalized spacial score (nSPS) is 11.2. The summed E-state index contributed by atoms with van der Waals surface area (Å²) in [6.07, 6.45) is 0.543. The zero-order valence-electron chi connectivity index (χ0n) is 12.0. The Morgan fingerprint density at radius 2 is 2.00 bits per heavy atom. The van der Waals surface area contributed by atoms with E-state index < -0.39 is 16.0 Å². The van der Waals surface area contributed by atoms with Gasteiger partial charge in [0.1, 0.15) is 11.3 Å². The number of hydrogen-bond acceptors (Lipinski definition) is 6. The van der Waals surface area contributed by atoms with Gasteiger partial charge in [0.05, 0.1) is 18.1 Å². The van der Waals surface area contributed by atoms with Gasteiger partial charge >= 0.3 is 5.97 Å². The van der Waals surface area contributed by atoms with Crippen LogP contribution in [0.2, 0.25) is 0 Å². The van der Waals surface area contributed by atoms with Crippen molar-refractivity contribution in [3.63, 3.8) is 0 Å². The second-order valence-electron chi connectivity index (χ2n) is 4.12. The summed E-state index contributed by atoms with van der Waals surface area (Å²) in [5.74, 6) is -0.415. The molecule has 0 atom stereocenters. The van der Waals surface area contributed by atoms with Gasteiger partial charge in [-0.2, -0.15) is 0 Å². The molecule has 118 valence electrons. The van der Waals surface area contributed by atoms with Crippen molar-refractivity contribution in [3.8, 4) is 5.75 Å². The number of sulfonamides is 1. The molecule has 0 fully saturated rings. The second kappa shape index (κ2) is 7.96. The van der Waals surface area contributed by atoms with Crippen LogP contribution in [0.4, 0.5) is 0 Å². The van der Waals surface area contributed by atoms with Crippen LogP contribution in [0.3, 0.4) is 0 Å². The van der Waals surface area contributed by atoms with Gasteiger partial charge in [0.2, 0.25) is 10.0 Å². The Morgan fingerprint density at radius 1 is 1.29 bits per heavy atom. The van der Waals surface area contributed by atoms with E-state index in [9.17, 15) is 13.2 Å². The van der Waals surface area contributed by atoms with E-state index in [1.54, 1.807) is 14.0 Å². The molecule has 8 heteroatoms. The summed E-state index contributed by atoms with van der Waals surface area (Å²) < 4.78 is 37.9. The predicted molar refractivity (Wildman–Crippen MR) is 75.8 cm³/mol. The fourth-order valence-electron chi connectivity index (χ4n) is 1.57. The molecule has 0 aliphatic rings. The van der Waals surface area contributed by atoms with E-state index in [0.717, 1.165) is 6.07 Å². The maximum atomic E-state index is 12.0. The summed E-state index contributed by atoms with van der Waals surface area (Å²) in [7, 11) is -2.36. The molecule has 0 radical (unpaired) electrons. The van der Waals surface area contributed by atoms with Crippen molar-refractivity contribution in [1.82, 2.24) is 0 Å². The largest absolute Gasteiger partial charge is 0.493 e. The van der Waals surface area contributed by atoms with Gasteiger partial charge < -0.3 is 14.2 Å². The third kappa shape index (κ3) is 5.33. The lowest BCUT2D eigenvalue weighted by Gasteiger charge is -2.11. The topological polar surface area (TPSA) is 105 Å². The maximum absolute atomic E-state index is 12.0. The molecule has 1 rings (SSSR count). The Morgan fingerprint density at radius 3 is 2.57 bits per heavy atom. The van der Waals surface area contributed by atoms with Crippen LogP contribution in [-0.4, -0.2) is 41.3 Å². The van der Waals surface area contributed by atoms with Gasteiger partial charge in [-0.15, -0.1) is 0 Å². The van der Waals surface area contributed by atoms with Gasteiger partial charge in [0.25, 0.3) is 0 Å². The molecule has 0 aliphatic heterocycles. The first kappa shape index (κ1) is 17.4. The smallest absolute Gasteiger partial charge is 0.341 e. The summed E-state index contributed by atoms with van der Waals surface area (Å²) in [4.78, 5) is 11.8. The minimum atomic E-state index is -3.90. The molecule has 0 spiro atoms. The van der Waals surface area contributed by atoms with E-state index in [0.29, 0.717) is 19.6 Å². The van der Waals surface area contributed by atoms with Crippen LogP contribution in [0.1, 0.15) is 23.7 Å². The van der Waals surface area contributed by atoms with Gasteiger partial charge in [0.15, 0.2) is 0 Å². The van der Waals surface area contributed by atoms with Gasteiger partial charge in [0, 0.05) is 20.1 Å². The molecule has 1 aromatic carbocycles. The van der Waals surface area contributed by atoms with Crippen molar-refractivity contribution in [2.24, 2.45) is 5.14 Å². The second-order valence-corrected chi connectivity index (χ2v) is 5.68. The summed E-state index contributed by atoms with van der Waals surface area (Å²) >= 11 is 0. The standard InChI is InChI=1S/C13H19NO6S/c1-3-19-12-6-5-10(21(14,16)17)9-11(12)13(15)20-8-4-7-18-2/h5-6,9H,3-4,7-8H2,1-2H3,(H2,14,16,17). The number of benzene rings is 1. The number of hydrogen-bond donors (Lipinski definition) is 1. The molecule has 21 heavy (non-hydrogen) atoms.